The van der Waals surface area contributed by atoms with Gasteiger partial charge in [-0.05, 0) is 58.5 Å². The molecule has 3 saturated heterocycles. The van der Waals surface area contributed by atoms with E-state index in [1.54, 1.807) is 0 Å². The van der Waals surface area contributed by atoms with E-state index in [4.69, 9.17) is 0 Å². The number of hydrogen-bond donors (Lipinski definition) is 2. The van der Waals surface area contributed by atoms with E-state index < -0.39 is 0 Å². The summed E-state index contributed by atoms with van der Waals surface area (Å²) in [6.07, 6.45) is 7.10. The van der Waals surface area contributed by atoms with Crippen LogP contribution in [0.1, 0.15) is 45.4 Å². The van der Waals surface area contributed by atoms with E-state index in [1.807, 2.05) is 0 Å². The highest BCUT2D eigenvalue weighted by atomic mass is 16.2. The van der Waals surface area contributed by atoms with Crippen LogP contribution in [-0.2, 0) is 4.79 Å². The molecule has 3 heterocycles. The molecule has 108 valence electrons. The summed E-state index contributed by atoms with van der Waals surface area (Å²) >= 11 is 0. The number of hydrogen-bond acceptors (Lipinski definition) is 3. The smallest absolute Gasteiger partial charge is 0.227 e. The van der Waals surface area contributed by atoms with Crippen molar-refractivity contribution in [3.05, 3.63) is 0 Å². The second kappa shape index (κ2) is 5.41. The highest BCUT2D eigenvalue weighted by Gasteiger charge is 2.38. The minimum atomic E-state index is -0.189. The summed E-state index contributed by atoms with van der Waals surface area (Å²) in [7, 11) is 0. The predicted octanol–water partition coefficient (Wildman–Crippen LogP) is 1.12. The maximum atomic E-state index is 12.5. The summed E-state index contributed by atoms with van der Waals surface area (Å²) < 4.78 is 0. The highest BCUT2D eigenvalue weighted by Crippen LogP contribution is 2.29. The first-order chi connectivity index (χ1) is 9.17. The summed E-state index contributed by atoms with van der Waals surface area (Å²) in [6, 6.07) is 1.14. The Kier molecular flexibility index (Phi) is 3.81. The van der Waals surface area contributed by atoms with E-state index in [0.29, 0.717) is 6.04 Å². The van der Waals surface area contributed by atoms with Crippen molar-refractivity contribution in [1.29, 1.82) is 0 Å². The Balaban J connectivity index is 1.54. The first kappa shape index (κ1) is 13.4. The summed E-state index contributed by atoms with van der Waals surface area (Å²) in [5.74, 6) is 0.274. The van der Waals surface area contributed by atoms with E-state index >= 15 is 0 Å². The van der Waals surface area contributed by atoms with Crippen molar-refractivity contribution >= 4 is 5.91 Å². The fourth-order valence-corrected chi connectivity index (χ4v) is 3.97. The van der Waals surface area contributed by atoms with Gasteiger partial charge in [-0.15, -0.1) is 0 Å². The Hall–Kier alpha value is -0.610. The van der Waals surface area contributed by atoms with Gasteiger partial charge in [-0.25, -0.2) is 0 Å². The van der Waals surface area contributed by atoms with Crippen molar-refractivity contribution < 1.29 is 4.79 Å². The van der Waals surface area contributed by atoms with Gasteiger partial charge >= 0.3 is 0 Å². The Morgan fingerprint density at radius 2 is 2.21 bits per heavy atom. The zero-order valence-electron chi connectivity index (χ0n) is 12.1. The van der Waals surface area contributed by atoms with Crippen molar-refractivity contribution in [3.8, 4) is 0 Å². The molecule has 3 atom stereocenters. The number of fused-ring (bicyclic) bond motifs is 1. The minimum absolute atomic E-state index is 0.189. The zero-order valence-corrected chi connectivity index (χ0v) is 12.1. The van der Waals surface area contributed by atoms with Crippen LogP contribution < -0.4 is 10.6 Å². The fourth-order valence-electron chi connectivity index (χ4n) is 3.97. The molecule has 3 rings (SSSR count). The third kappa shape index (κ3) is 2.79. The lowest BCUT2D eigenvalue weighted by atomic mass is 9.81. The number of amides is 1. The minimum Gasteiger partial charge on any atom is -0.353 e. The first-order valence-corrected chi connectivity index (χ1v) is 7.93. The zero-order chi connectivity index (χ0) is 13.3. The van der Waals surface area contributed by atoms with Crippen molar-refractivity contribution in [2.75, 3.05) is 26.2 Å². The molecular formula is C15H27N3O. The van der Waals surface area contributed by atoms with Crippen LogP contribution in [0.3, 0.4) is 0 Å². The van der Waals surface area contributed by atoms with Crippen LogP contribution in [0.4, 0.5) is 0 Å². The molecule has 0 radical (unpaired) electrons. The van der Waals surface area contributed by atoms with Crippen LogP contribution in [-0.4, -0.2) is 49.1 Å². The second-order valence-corrected chi connectivity index (χ2v) is 6.87. The lowest BCUT2D eigenvalue weighted by Gasteiger charge is -2.38. The van der Waals surface area contributed by atoms with Crippen molar-refractivity contribution in [1.82, 2.24) is 15.5 Å². The Bertz CT molecular complexity index is 338. The normalized spacial score (nSPS) is 39.8. The predicted molar refractivity (Wildman–Crippen MR) is 76.0 cm³/mol. The van der Waals surface area contributed by atoms with Gasteiger partial charge in [-0.1, -0.05) is 0 Å². The topological polar surface area (TPSA) is 44.4 Å². The van der Waals surface area contributed by atoms with Crippen molar-refractivity contribution in [2.24, 2.45) is 5.41 Å². The molecule has 4 nitrogen and oxygen atoms in total. The molecule has 0 spiro atoms. The van der Waals surface area contributed by atoms with Crippen LogP contribution >= 0.6 is 0 Å². The molecule has 0 aromatic carbocycles. The summed E-state index contributed by atoms with van der Waals surface area (Å²) in [6.45, 7) is 6.45. The quantitative estimate of drug-likeness (QED) is 0.786. The fraction of sp³-hybridized carbons (Fsp3) is 0.933. The number of carbonyl (C=O) groups excluding carboxylic acids is 1. The molecule has 1 amide bonds. The summed E-state index contributed by atoms with van der Waals surface area (Å²) in [5, 5.41) is 6.70. The third-order valence-electron chi connectivity index (χ3n) is 5.30. The van der Waals surface area contributed by atoms with E-state index in [0.717, 1.165) is 44.8 Å². The first-order valence-electron chi connectivity index (χ1n) is 7.93. The van der Waals surface area contributed by atoms with E-state index in [2.05, 4.69) is 22.5 Å². The standard InChI is InChI=1S/C15H27N3O/c1-15(6-3-7-16-11-15)14(19)17-12-5-9-18-8-2-4-13(18)10-12/h12-13,16H,2-11H2,1H3,(H,17,19). The number of rotatable bonds is 2. The molecule has 3 fully saturated rings. The largest absolute Gasteiger partial charge is 0.353 e. The summed E-state index contributed by atoms with van der Waals surface area (Å²) in [4.78, 5) is 15.1. The molecule has 3 aliphatic heterocycles. The SMILES string of the molecule is CC1(C(=O)NC2CCN3CCCC3C2)CCCNC1. The number of piperidine rings is 2. The molecule has 0 aromatic heterocycles. The van der Waals surface area contributed by atoms with Crippen molar-refractivity contribution in [3.63, 3.8) is 0 Å². The van der Waals surface area contributed by atoms with E-state index in [9.17, 15) is 4.79 Å². The Labute approximate surface area is 116 Å². The van der Waals surface area contributed by atoms with Gasteiger partial charge in [0.05, 0.1) is 5.41 Å². The molecule has 3 aliphatic rings. The molecule has 0 saturated carbocycles. The highest BCUT2D eigenvalue weighted by molar-refractivity contribution is 5.82. The van der Waals surface area contributed by atoms with Crippen LogP contribution in [0, 0.1) is 5.41 Å². The van der Waals surface area contributed by atoms with E-state index in [-0.39, 0.29) is 11.3 Å². The van der Waals surface area contributed by atoms with Crippen molar-refractivity contribution in [2.45, 2.75) is 57.5 Å². The molecule has 19 heavy (non-hydrogen) atoms. The van der Waals surface area contributed by atoms with Gasteiger partial charge < -0.3 is 15.5 Å². The van der Waals surface area contributed by atoms with Crippen LogP contribution in [0.2, 0.25) is 0 Å². The molecule has 0 aromatic rings. The molecule has 0 bridgehead atoms. The molecule has 3 unspecified atom stereocenters. The lowest BCUT2D eigenvalue weighted by Crippen LogP contribution is -2.54. The monoisotopic (exact) mass is 265 g/mol. The Morgan fingerprint density at radius 3 is 3.00 bits per heavy atom. The summed E-state index contributed by atoms with van der Waals surface area (Å²) in [5.41, 5.74) is -0.189. The van der Waals surface area contributed by atoms with Gasteiger partial charge in [-0.2, -0.15) is 0 Å². The van der Waals surface area contributed by atoms with Gasteiger partial charge in [-0.3, -0.25) is 4.79 Å². The number of carbonyl (C=O) groups is 1. The third-order valence-corrected chi connectivity index (χ3v) is 5.30. The van der Waals surface area contributed by atoms with Crippen LogP contribution in [0.25, 0.3) is 0 Å². The second-order valence-electron chi connectivity index (χ2n) is 6.87. The molecule has 4 heteroatoms. The van der Waals surface area contributed by atoms with Gasteiger partial charge in [0.1, 0.15) is 0 Å². The Morgan fingerprint density at radius 1 is 1.32 bits per heavy atom. The average Bonchev–Trinajstić information content (AvgIpc) is 2.87. The maximum Gasteiger partial charge on any atom is 0.227 e. The average molecular weight is 265 g/mol. The lowest BCUT2D eigenvalue weighted by molar-refractivity contribution is -0.132. The molecule has 2 N–H and O–H groups in total. The number of nitrogens with one attached hydrogen (secondary N) is 2. The van der Waals surface area contributed by atoms with Crippen LogP contribution in [0.15, 0.2) is 0 Å². The van der Waals surface area contributed by atoms with E-state index in [1.165, 1.54) is 25.9 Å². The van der Waals surface area contributed by atoms with Gasteiger partial charge in [0.2, 0.25) is 5.91 Å². The van der Waals surface area contributed by atoms with Crippen LogP contribution in [0.5, 0.6) is 0 Å². The molecule has 0 aliphatic carbocycles. The number of nitrogens with zero attached hydrogens (tertiary/aromatic N) is 1. The molecular weight excluding hydrogens is 238 g/mol. The van der Waals surface area contributed by atoms with Gasteiger partial charge in [0.25, 0.3) is 0 Å². The maximum absolute atomic E-state index is 12.5. The van der Waals surface area contributed by atoms with Gasteiger partial charge in [0, 0.05) is 25.2 Å². The van der Waals surface area contributed by atoms with Gasteiger partial charge in [0.15, 0.2) is 0 Å².